The van der Waals surface area contributed by atoms with Crippen LogP contribution in [0.25, 0.3) is 0 Å². The van der Waals surface area contributed by atoms with Gasteiger partial charge in [-0.1, -0.05) is 37.4 Å². The van der Waals surface area contributed by atoms with Gasteiger partial charge in [0, 0.05) is 6.61 Å². The average molecular weight is 305 g/mol. The Morgan fingerprint density at radius 3 is 2.73 bits per heavy atom. The number of hydrogen-bond donors (Lipinski definition) is 1. The van der Waals surface area contributed by atoms with Crippen molar-refractivity contribution < 1.29 is 14.1 Å². The molecular weight excluding hydrogens is 282 g/mol. The van der Waals surface area contributed by atoms with Gasteiger partial charge in [-0.25, -0.2) is 0 Å². The van der Waals surface area contributed by atoms with Crippen LogP contribution in [0.15, 0.2) is 17.2 Å². The Labute approximate surface area is 130 Å². The van der Waals surface area contributed by atoms with Crippen LogP contribution in [0.4, 0.5) is 0 Å². The van der Waals surface area contributed by atoms with Gasteiger partial charge in [-0.15, -0.1) is 0 Å². The highest BCUT2D eigenvalue weighted by Gasteiger charge is 2.39. The van der Waals surface area contributed by atoms with E-state index in [1.807, 2.05) is 0 Å². The Bertz CT molecular complexity index is 526. The molecular formula is C16H23N3O3. The topological polar surface area (TPSA) is 77.2 Å². The van der Waals surface area contributed by atoms with E-state index >= 15 is 0 Å². The van der Waals surface area contributed by atoms with Gasteiger partial charge in [0.25, 0.3) is 0 Å². The van der Waals surface area contributed by atoms with E-state index in [1.165, 1.54) is 18.9 Å². The maximum Gasteiger partial charge on any atom is 0.244 e. The molecule has 0 bridgehead atoms. The molecule has 2 heterocycles. The third-order valence-electron chi connectivity index (χ3n) is 4.65. The number of hydrogen-bond acceptors (Lipinski definition) is 5. The number of nitrogens with one attached hydrogen (secondary N) is 1. The summed E-state index contributed by atoms with van der Waals surface area (Å²) in [5.41, 5.74) is -0.525. The lowest BCUT2D eigenvalue weighted by molar-refractivity contribution is -0.118. The first-order chi connectivity index (χ1) is 10.7. The lowest BCUT2D eigenvalue weighted by atomic mass is 9.89. The summed E-state index contributed by atoms with van der Waals surface area (Å²) in [6.45, 7) is 4.92. The van der Waals surface area contributed by atoms with Gasteiger partial charge >= 0.3 is 0 Å². The van der Waals surface area contributed by atoms with E-state index in [-0.39, 0.29) is 11.8 Å². The summed E-state index contributed by atoms with van der Waals surface area (Å²) >= 11 is 0. The third-order valence-corrected chi connectivity index (χ3v) is 4.65. The SMILES string of the molecule is C=CC(=O)NC1(c2noc(C3CCOC3)n2)CCCCCC1. The van der Waals surface area contributed by atoms with Crippen molar-refractivity contribution in [3.8, 4) is 0 Å². The number of carbonyl (C=O) groups is 1. The molecule has 6 heteroatoms. The fourth-order valence-electron chi connectivity index (χ4n) is 3.35. The van der Waals surface area contributed by atoms with E-state index in [4.69, 9.17) is 9.26 Å². The normalized spacial score (nSPS) is 24.6. The van der Waals surface area contributed by atoms with Crippen molar-refractivity contribution in [1.29, 1.82) is 0 Å². The second-order valence-electron chi connectivity index (χ2n) is 6.21. The number of ether oxygens (including phenoxy) is 1. The molecule has 1 aliphatic heterocycles. The zero-order chi connectivity index (χ0) is 15.4. The van der Waals surface area contributed by atoms with E-state index in [1.54, 1.807) is 0 Å². The Balaban J connectivity index is 1.87. The molecule has 0 spiro atoms. The Morgan fingerprint density at radius 2 is 2.09 bits per heavy atom. The molecule has 1 aliphatic carbocycles. The smallest absolute Gasteiger partial charge is 0.244 e. The van der Waals surface area contributed by atoms with Crippen molar-refractivity contribution in [2.45, 2.75) is 56.4 Å². The molecule has 0 radical (unpaired) electrons. The molecule has 1 N–H and O–H groups in total. The van der Waals surface area contributed by atoms with Gasteiger partial charge in [0.1, 0.15) is 5.54 Å². The molecule has 1 aromatic heterocycles. The summed E-state index contributed by atoms with van der Waals surface area (Å²) in [5.74, 6) is 1.23. The van der Waals surface area contributed by atoms with Gasteiger partial charge in [0.2, 0.25) is 11.8 Å². The van der Waals surface area contributed by atoms with Gasteiger partial charge < -0.3 is 14.6 Å². The summed E-state index contributed by atoms with van der Waals surface area (Å²) in [6, 6.07) is 0. The molecule has 3 rings (SSSR count). The monoisotopic (exact) mass is 305 g/mol. The standard InChI is InChI=1S/C16H23N3O3/c1-2-13(20)18-16(8-5-3-4-6-9-16)15-17-14(22-19-15)12-7-10-21-11-12/h2,12H,1,3-11H2,(H,18,20). The molecule has 6 nitrogen and oxygen atoms in total. The van der Waals surface area contributed by atoms with Crippen molar-refractivity contribution in [3.63, 3.8) is 0 Å². The van der Waals surface area contributed by atoms with Gasteiger partial charge in [0.05, 0.1) is 12.5 Å². The molecule has 1 aromatic rings. The molecule has 1 unspecified atom stereocenters. The van der Waals surface area contributed by atoms with Gasteiger partial charge in [-0.3, -0.25) is 4.79 Å². The zero-order valence-corrected chi connectivity index (χ0v) is 12.8. The van der Waals surface area contributed by atoms with Crippen LogP contribution in [0.3, 0.4) is 0 Å². The number of carbonyl (C=O) groups excluding carboxylic acids is 1. The second kappa shape index (κ2) is 6.60. The first kappa shape index (κ1) is 15.2. The zero-order valence-electron chi connectivity index (χ0n) is 12.8. The summed E-state index contributed by atoms with van der Waals surface area (Å²) in [5, 5.41) is 7.26. The van der Waals surface area contributed by atoms with Crippen LogP contribution in [-0.2, 0) is 15.1 Å². The van der Waals surface area contributed by atoms with E-state index in [2.05, 4.69) is 22.0 Å². The highest BCUT2D eigenvalue weighted by molar-refractivity contribution is 5.87. The molecule has 1 saturated carbocycles. The average Bonchev–Trinajstić information content (AvgIpc) is 3.17. The van der Waals surface area contributed by atoms with Crippen molar-refractivity contribution in [1.82, 2.24) is 15.5 Å². The minimum Gasteiger partial charge on any atom is -0.381 e. The van der Waals surface area contributed by atoms with E-state index in [0.29, 0.717) is 18.3 Å². The summed E-state index contributed by atoms with van der Waals surface area (Å²) < 4.78 is 10.8. The first-order valence-electron chi connectivity index (χ1n) is 8.10. The predicted octanol–water partition coefficient (Wildman–Crippen LogP) is 2.43. The lowest BCUT2D eigenvalue weighted by Crippen LogP contribution is -2.45. The van der Waals surface area contributed by atoms with Crippen LogP contribution in [0.5, 0.6) is 0 Å². The summed E-state index contributed by atoms with van der Waals surface area (Å²) in [6.07, 6.45) is 8.34. The number of aromatic nitrogens is 2. The third kappa shape index (κ3) is 3.06. The molecule has 120 valence electrons. The minimum absolute atomic E-state index is 0.180. The molecule has 1 atom stereocenters. The van der Waals surface area contributed by atoms with Crippen LogP contribution in [-0.4, -0.2) is 29.3 Å². The molecule has 2 fully saturated rings. The minimum atomic E-state index is -0.525. The summed E-state index contributed by atoms with van der Waals surface area (Å²) in [4.78, 5) is 16.5. The fraction of sp³-hybridized carbons (Fsp3) is 0.688. The lowest BCUT2D eigenvalue weighted by Gasteiger charge is -2.30. The number of nitrogens with zero attached hydrogens (tertiary/aromatic N) is 2. The Morgan fingerprint density at radius 1 is 1.32 bits per heavy atom. The molecule has 22 heavy (non-hydrogen) atoms. The van der Waals surface area contributed by atoms with Crippen LogP contribution in [0, 0.1) is 0 Å². The quantitative estimate of drug-likeness (QED) is 0.683. The maximum atomic E-state index is 11.9. The van der Waals surface area contributed by atoms with Gasteiger partial charge in [0.15, 0.2) is 5.82 Å². The predicted molar refractivity (Wildman–Crippen MR) is 80.2 cm³/mol. The largest absolute Gasteiger partial charge is 0.381 e. The first-order valence-corrected chi connectivity index (χ1v) is 8.10. The molecule has 0 aromatic carbocycles. The number of rotatable bonds is 4. The Kier molecular flexibility index (Phi) is 4.57. The summed E-state index contributed by atoms with van der Waals surface area (Å²) in [7, 11) is 0. The molecule has 1 amide bonds. The highest BCUT2D eigenvalue weighted by atomic mass is 16.5. The molecule has 2 aliphatic rings. The number of amides is 1. The van der Waals surface area contributed by atoms with E-state index < -0.39 is 5.54 Å². The van der Waals surface area contributed by atoms with Crippen LogP contribution in [0.1, 0.15) is 62.6 Å². The highest BCUT2D eigenvalue weighted by Crippen LogP contribution is 2.35. The van der Waals surface area contributed by atoms with Crippen LogP contribution >= 0.6 is 0 Å². The maximum absolute atomic E-state index is 11.9. The van der Waals surface area contributed by atoms with Crippen molar-refractivity contribution in [3.05, 3.63) is 24.4 Å². The van der Waals surface area contributed by atoms with Crippen LogP contribution < -0.4 is 5.32 Å². The van der Waals surface area contributed by atoms with Crippen molar-refractivity contribution in [2.24, 2.45) is 0 Å². The van der Waals surface area contributed by atoms with Crippen LogP contribution in [0.2, 0.25) is 0 Å². The molecule has 1 saturated heterocycles. The van der Waals surface area contributed by atoms with Gasteiger partial charge in [-0.2, -0.15) is 4.98 Å². The van der Waals surface area contributed by atoms with Crippen molar-refractivity contribution >= 4 is 5.91 Å². The van der Waals surface area contributed by atoms with E-state index in [9.17, 15) is 4.79 Å². The van der Waals surface area contributed by atoms with Gasteiger partial charge in [-0.05, 0) is 25.3 Å². The van der Waals surface area contributed by atoms with Crippen molar-refractivity contribution in [2.75, 3.05) is 13.2 Å². The Hall–Kier alpha value is -1.69. The second-order valence-corrected chi connectivity index (χ2v) is 6.21. The fourth-order valence-corrected chi connectivity index (χ4v) is 3.35. The van der Waals surface area contributed by atoms with E-state index in [0.717, 1.165) is 38.7 Å².